The highest BCUT2D eigenvalue weighted by molar-refractivity contribution is 5.72. The lowest BCUT2D eigenvalue weighted by Gasteiger charge is -2.22. The molecule has 0 spiro atoms. The van der Waals surface area contributed by atoms with E-state index in [2.05, 4.69) is 15.5 Å². The Bertz CT molecular complexity index is 373. The van der Waals surface area contributed by atoms with Crippen LogP contribution in [-0.2, 0) is 11.2 Å². The van der Waals surface area contributed by atoms with Gasteiger partial charge in [-0.2, -0.15) is 4.98 Å². The van der Waals surface area contributed by atoms with Crippen molar-refractivity contribution in [3.8, 4) is 0 Å². The Labute approximate surface area is 94.0 Å². The second-order valence-corrected chi connectivity index (χ2v) is 4.09. The van der Waals surface area contributed by atoms with Crippen molar-refractivity contribution >= 4 is 5.91 Å². The van der Waals surface area contributed by atoms with E-state index in [0.29, 0.717) is 30.6 Å². The van der Waals surface area contributed by atoms with Gasteiger partial charge in [-0.15, -0.1) is 0 Å². The van der Waals surface area contributed by atoms with Crippen molar-refractivity contribution in [2.75, 3.05) is 26.7 Å². The Morgan fingerprint density at radius 3 is 2.94 bits per heavy atom. The average Bonchev–Trinajstić information content (AvgIpc) is 2.59. The van der Waals surface area contributed by atoms with Crippen LogP contribution >= 0.6 is 0 Å². The third-order valence-corrected chi connectivity index (χ3v) is 2.82. The van der Waals surface area contributed by atoms with Gasteiger partial charge in [0, 0.05) is 40.0 Å². The molecule has 0 aliphatic carbocycles. The fourth-order valence-corrected chi connectivity index (χ4v) is 1.42. The number of nitrogens with one attached hydrogen (secondary N) is 1. The van der Waals surface area contributed by atoms with Crippen LogP contribution in [0.15, 0.2) is 4.52 Å². The lowest BCUT2D eigenvalue weighted by Crippen LogP contribution is -2.40. The zero-order valence-electron chi connectivity index (χ0n) is 9.56. The Morgan fingerprint density at radius 2 is 2.38 bits per heavy atom. The van der Waals surface area contributed by atoms with Gasteiger partial charge in [-0.25, -0.2) is 0 Å². The number of carbonyl (C=O) groups excluding carboxylic acids is 1. The van der Waals surface area contributed by atoms with E-state index in [-0.39, 0.29) is 5.91 Å². The molecule has 2 heterocycles. The number of amides is 1. The number of aromatic nitrogens is 2. The first kappa shape index (κ1) is 11.1. The second-order valence-electron chi connectivity index (χ2n) is 4.09. The van der Waals surface area contributed by atoms with Gasteiger partial charge in [0.15, 0.2) is 5.82 Å². The lowest BCUT2D eigenvalue weighted by atomic mass is 10.0. The summed E-state index contributed by atoms with van der Waals surface area (Å²) in [5.41, 5.74) is 0. The monoisotopic (exact) mass is 224 g/mol. The zero-order chi connectivity index (χ0) is 11.5. The maximum absolute atomic E-state index is 11.0. The average molecular weight is 224 g/mol. The first-order valence-corrected chi connectivity index (χ1v) is 5.41. The molecule has 1 aliphatic heterocycles. The minimum Gasteiger partial charge on any atom is -0.346 e. The quantitative estimate of drug-likeness (QED) is 0.765. The SMILES string of the molecule is CC(=O)N(C)CCc1noc(C2CNC2)n1. The molecule has 6 nitrogen and oxygen atoms in total. The van der Waals surface area contributed by atoms with Crippen LogP contribution in [0.3, 0.4) is 0 Å². The Morgan fingerprint density at radius 1 is 1.62 bits per heavy atom. The number of hydrogen-bond donors (Lipinski definition) is 1. The van der Waals surface area contributed by atoms with Crippen LogP contribution < -0.4 is 5.32 Å². The summed E-state index contributed by atoms with van der Waals surface area (Å²) in [6, 6.07) is 0. The van der Waals surface area contributed by atoms with Gasteiger partial charge >= 0.3 is 0 Å². The molecule has 1 aromatic rings. The molecule has 88 valence electrons. The summed E-state index contributed by atoms with van der Waals surface area (Å²) in [5.74, 6) is 1.80. The van der Waals surface area contributed by atoms with Gasteiger partial charge in [0.2, 0.25) is 11.8 Å². The van der Waals surface area contributed by atoms with Gasteiger partial charge in [-0.1, -0.05) is 5.16 Å². The fraction of sp³-hybridized carbons (Fsp3) is 0.700. The van der Waals surface area contributed by atoms with Gasteiger partial charge in [-0.3, -0.25) is 4.79 Å². The first-order valence-electron chi connectivity index (χ1n) is 5.41. The van der Waals surface area contributed by atoms with E-state index in [4.69, 9.17) is 4.52 Å². The highest BCUT2D eigenvalue weighted by Crippen LogP contribution is 2.17. The normalized spacial score (nSPS) is 15.9. The van der Waals surface area contributed by atoms with Crippen molar-refractivity contribution in [3.63, 3.8) is 0 Å². The predicted molar refractivity (Wildman–Crippen MR) is 56.9 cm³/mol. The summed E-state index contributed by atoms with van der Waals surface area (Å²) >= 11 is 0. The minimum absolute atomic E-state index is 0.0481. The molecule has 0 radical (unpaired) electrons. The minimum atomic E-state index is 0.0481. The van der Waals surface area contributed by atoms with E-state index in [1.54, 1.807) is 18.9 Å². The lowest BCUT2D eigenvalue weighted by molar-refractivity contribution is -0.127. The van der Waals surface area contributed by atoms with Gasteiger partial charge < -0.3 is 14.7 Å². The number of carbonyl (C=O) groups is 1. The second kappa shape index (κ2) is 4.61. The summed E-state index contributed by atoms with van der Waals surface area (Å²) in [6.45, 7) is 3.99. The molecule has 1 aliphatic rings. The Balaban J connectivity index is 1.85. The number of nitrogens with zero attached hydrogens (tertiary/aromatic N) is 3. The molecular weight excluding hydrogens is 208 g/mol. The van der Waals surface area contributed by atoms with Crippen molar-refractivity contribution in [3.05, 3.63) is 11.7 Å². The molecule has 0 atom stereocenters. The van der Waals surface area contributed by atoms with E-state index in [9.17, 15) is 4.79 Å². The molecule has 1 fully saturated rings. The molecule has 1 saturated heterocycles. The molecule has 1 amide bonds. The number of hydrogen-bond acceptors (Lipinski definition) is 5. The van der Waals surface area contributed by atoms with E-state index >= 15 is 0 Å². The van der Waals surface area contributed by atoms with E-state index < -0.39 is 0 Å². The first-order chi connectivity index (χ1) is 7.66. The summed E-state index contributed by atoms with van der Waals surface area (Å²) < 4.78 is 5.16. The van der Waals surface area contributed by atoms with E-state index in [1.807, 2.05) is 0 Å². The van der Waals surface area contributed by atoms with Crippen LogP contribution in [0.1, 0.15) is 24.6 Å². The summed E-state index contributed by atoms with van der Waals surface area (Å²) in [6.07, 6.45) is 0.639. The largest absolute Gasteiger partial charge is 0.346 e. The van der Waals surface area contributed by atoms with E-state index in [0.717, 1.165) is 13.1 Å². The van der Waals surface area contributed by atoms with Gasteiger partial charge in [0.25, 0.3) is 0 Å². The molecule has 0 saturated carbocycles. The fourth-order valence-electron chi connectivity index (χ4n) is 1.42. The van der Waals surface area contributed by atoms with E-state index in [1.165, 1.54) is 0 Å². The van der Waals surface area contributed by atoms with Crippen LogP contribution in [0.2, 0.25) is 0 Å². The molecular formula is C10H16N4O2. The van der Waals surface area contributed by atoms with Crippen LogP contribution in [0.4, 0.5) is 0 Å². The van der Waals surface area contributed by atoms with Crippen molar-refractivity contribution in [2.24, 2.45) is 0 Å². The maximum atomic E-state index is 11.0. The highest BCUT2D eigenvalue weighted by Gasteiger charge is 2.24. The van der Waals surface area contributed by atoms with Crippen LogP contribution in [0.25, 0.3) is 0 Å². The zero-order valence-corrected chi connectivity index (χ0v) is 9.56. The number of rotatable bonds is 4. The molecule has 1 aromatic heterocycles. The summed E-state index contributed by atoms with van der Waals surface area (Å²) in [7, 11) is 1.76. The Kier molecular flexibility index (Phi) is 3.19. The maximum Gasteiger partial charge on any atom is 0.232 e. The topological polar surface area (TPSA) is 71.3 Å². The third-order valence-electron chi connectivity index (χ3n) is 2.82. The molecule has 0 aromatic carbocycles. The third kappa shape index (κ3) is 2.38. The molecule has 0 bridgehead atoms. The van der Waals surface area contributed by atoms with Gasteiger partial charge in [-0.05, 0) is 0 Å². The van der Waals surface area contributed by atoms with Crippen LogP contribution in [0.5, 0.6) is 0 Å². The smallest absolute Gasteiger partial charge is 0.232 e. The van der Waals surface area contributed by atoms with Crippen LogP contribution in [-0.4, -0.2) is 47.6 Å². The molecule has 6 heteroatoms. The van der Waals surface area contributed by atoms with Crippen molar-refractivity contribution in [2.45, 2.75) is 19.3 Å². The van der Waals surface area contributed by atoms with Gasteiger partial charge in [0.05, 0.1) is 5.92 Å². The highest BCUT2D eigenvalue weighted by atomic mass is 16.5. The summed E-state index contributed by atoms with van der Waals surface area (Å²) in [4.78, 5) is 16.9. The van der Waals surface area contributed by atoms with Crippen molar-refractivity contribution in [1.82, 2.24) is 20.4 Å². The van der Waals surface area contributed by atoms with Crippen molar-refractivity contribution < 1.29 is 9.32 Å². The summed E-state index contributed by atoms with van der Waals surface area (Å²) in [5, 5.41) is 7.05. The molecule has 1 N–H and O–H groups in total. The standard InChI is InChI=1S/C10H16N4O2/c1-7(15)14(2)4-3-9-12-10(16-13-9)8-5-11-6-8/h8,11H,3-6H2,1-2H3. The Hall–Kier alpha value is -1.43. The predicted octanol–water partition coefficient (Wildman–Crippen LogP) is -0.223. The van der Waals surface area contributed by atoms with Gasteiger partial charge in [0.1, 0.15) is 0 Å². The molecule has 16 heavy (non-hydrogen) atoms. The molecule has 2 rings (SSSR count). The van der Waals surface area contributed by atoms with Crippen molar-refractivity contribution in [1.29, 1.82) is 0 Å². The number of likely N-dealkylation sites (N-methyl/N-ethyl adjacent to an activating group) is 1. The molecule has 0 unspecified atom stereocenters. The van der Waals surface area contributed by atoms with Crippen LogP contribution in [0, 0.1) is 0 Å².